The first-order chi connectivity index (χ1) is 18.0. The number of hydrogen-bond acceptors (Lipinski definition) is 7. The predicted molar refractivity (Wildman–Crippen MR) is 138 cm³/mol. The molecule has 2 atom stereocenters. The minimum absolute atomic E-state index is 0.0294. The third-order valence-corrected chi connectivity index (χ3v) is 7.67. The Morgan fingerprint density at radius 1 is 1.19 bits per heavy atom. The van der Waals surface area contributed by atoms with Gasteiger partial charge in [-0.15, -0.1) is 0 Å². The quantitative estimate of drug-likeness (QED) is 0.423. The highest BCUT2D eigenvalue weighted by molar-refractivity contribution is 6.01. The first kappa shape index (κ1) is 23.5. The molecule has 1 aromatic carbocycles. The summed E-state index contributed by atoms with van der Waals surface area (Å²) >= 11 is 0. The maximum Gasteiger partial charge on any atom is 0.252 e. The van der Waals surface area contributed by atoms with Crippen molar-refractivity contribution in [2.75, 3.05) is 24.4 Å². The normalized spacial score (nSPS) is 22.5. The molecule has 37 heavy (non-hydrogen) atoms. The molecule has 10 heteroatoms. The van der Waals surface area contributed by atoms with Crippen molar-refractivity contribution in [3.63, 3.8) is 0 Å². The lowest BCUT2D eigenvalue weighted by Crippen LogP contribution is -2.47. The van der Waals surface area contributed by atoms with Crippen molar-refractivity contribution < 1.29 is 19.1 Å². The summed E-state index contributed by atoms with van der Waals surface area (Å²) in [4.78, 5) is 28.5. The Hall–Kier alpha value is -3.92. The van der Waals surface area contributed by atoms with Gasteiger partial charge in [-0.1, -0.05) is 12.1 Å². The van der Waals surface area contributed by atoms with E-state index in [4.69, 9.17) is 15.2 Å². The molecule has 192 valence electrons. The van der Waals surface area contributed by atoms with Crippen LogP contribution in [0.3, 0.4) is 0 Å². The highest BCUT2D eigenvalue weighted by Gasteiger charge is 2.51. The highest BCUT2D eigenvalue weighted by atomic mass is 16.5. The monoisotopic (exact) mass is 502 g/mol. The molecule has 6 rings (SSSR count). The van der Waals surface area contributed by atoms with Crippen molar-refractivity contribution in [1.29, 1.82) is 0 Å². The van der Waals surface area contributed by atoms with E-state index in [9.17, 15) is 9.59 Å². The standard InChI is InChI=1S/C27H30N6O4/c1-36-24-18(17-13-30-33(15-17)22-8-10-27(22)9-3-11-37-27)4-2-5-20(24)31-21-12-23(29-14-19(21)25(28)34)32-26(35)16-6-7-16/h2,4-5,12-16,22H,3,6-11H2,1H3,(H2,28,34)(H2,29,31,32,35)/t22-,27-/m0/s1. The van der Waals surface area contributed by atoms with Crippen LogP contribution in [0.25, 0.3) is 11.1 Å². The van der Waals surface area contributed by atoms with Crippen LogP contribution >= 0.6 is 0 Å². The summed E-state index contributed by atoms with van der Waals surface area (Å²) in [6, 6.07) is 7.59. The number of benzene rings is 1. The molecular weight excluding hydrogens is 472 g/mol. The molecule has 1 spiro atoms. The Morgan fingerprint density at radius 3 is 2.73 bits per heavy atom. The average Bonchev–Trinajstić information content (AvgIpc) is 3.40. The zero-order valence-electron chi connectivity index (χ0n) is 20.7. The molecule has 1 aliphatic heterocycles. The second-order valence-corrected chi connectivity index (χ2v) is 10.0. The van der Waals surface area contributed by atoms with Crippen LogP contribution in [0.1, 0.15) is 54.9 Å². The number of carbonyl (C=O) groups is 2. The highest BCUT2D eigenvalue weighted by Crippen LogP contribution is 2.51. The molecule has 4 N–H and O–H groups in total. The van der Waals surface area contributed by atoms with E-state index in [1.807, 2.05) is 35.3 Å². The molecule has 3 aromatic rings. The molecule has 0 bridgehead atoms. The fourth-order valence-corrected chi connectivity index (χ4v) is 5.42. The van der Waals surface area contributed by atoms with E-state index in [1.54, 1.807) is 13.2 Å². The summed E-state index contributed by atoms with van der Waals surface area (Å²) in [5.74, 6) is 0.276. The fraction of sp³-hybridized carbons (Fsp3) is 0.407. The topological polar surface area (TPSA) is 133 Å². The second-order valence-electron chi connectivity index (χ2n) is 10.0. The van der Waals surface area contributed by atoms with E-state index in [0.717, 1.165) is 56.3 Å². The summed E-state index contributed by atoms with van der Waals surface area (Å²) in [7, 11) is 1.60. The number of pyridine rings is 1. The average molecular weight is 503 g/mol. The van der Waals surface area contributed by atoms with E-state index in [-0.39, 0.29) is 29.0 Å². The second kappa shape index (κ2) is 9.19. The van der Waals surface area contributed by atoms with Crippen LogP contribution in [0, 0.1) is 5.92 Å². The molecule has 2 aromatic heterocycles. The number of primary amides is 1. The zero-order valence-corrected chi connectivity index (χ0v) is 20.7. The molecule has 0 radical (unpaired) electrons. The van der Waals surface area contributed by atoms with Crippen molar-refractivity contribution in [3.05, 3.63) is 48.4 Å². The summed E-state index contributed by atoms with van der Waals surface area (Å²) in [6.45, 7) is 0.820. The van der Waals surface area contributed by atoms with Gasteiger partial charge in [-0.25, -0.2) is 4.98 Å². The van der Waals surface area contributed by atoms with Crippen LogP contribution < -0.4 is 21.1 Å². The third kappa shape index (κ3) is 4.31. The van der Waals surface area contributed by atoms with Gasteiger partial charge in [0.15, 0.2) is 0 Å². The van der Waals surface area contributed by atoms with Gasteiger partial charge in [-0.3, -0.25) is 14.3 Å². The lowest BCUT2D eigenvalue weighted by molar-refractivity contribution is -0.117. The van der Waals surface area contributed by atoms with Crippen LogP contribution in [0.4, 0.5) is 17.2 Å². The molecule has 2 amide bonds. The number of anilines is 3. The number of amides is 2. The van der Waals surface area contributed by atoms with Gasteiger partial charge in [0.2, 0.25) is 5.91 Å². The minimum atomic E-state index is -0.630. The van der Waals surface area contributed by atoms with Crippen LogP contribution in [-0.2, 0) is 9.53 Å². The number of aromatic nitrogens is 3. The van der Waals surface area contributed by atoms with Gasteiger partial charge in [-0.2, -0.15) is 5.10 Å². The van der Waals surface area contributed by atoms with Crippen molar-refractivity contribution in [3.8, 4) is 16.9 Å². The fourth-order valence-electron chi connectivity index (χ4n) is 5.42. The SMILES string of the molecule is COc1c(Nc2cc(NC(=O)C3CC3)ncc2C(N)=O)cccc1-c1cnn([C@H]2CC[C@@]23CCCO3)c1. The van der Waals surface area contributed by atoms with E-state index in [0.29, 0.717) is 22.9 Å². The molecule has 3 fully saturated rings. The number of nitrogens with one attached hydrogen (secondary N) is 2. The maximum absolute atomic E-state index is 12.2. The molecule has 10 nitrogen and oxygen atoms in total. The molecule has 2 aliphatic carbocycles. The first-order valence-corrected chi connectivity index (χ1v) is 12.7. The van der Waals surface area contributed by atoms with Gasteiger partial charge < -0.3 is 25.8 Å². The van der Waals surface area contributed by atoms with E-state index >= 15 is 0 Å². The van der Waals surface area contributed by atoms with E-state index in [1.165, 1.54) is 6.20 Å². The van der Waals surface area contributed by atoms with Gasteiger partial charge in [-0.05, 0) is 44.6 Å². The van der Waals surface area contributed by atoms with Crippen molar-refractivity contribution in [1.82, 2.24) is 14.8 Å². The number of nitrogens with two attached hydrogens (primary N) is 1. The molecule has 3 aliphatic rings. The van der Waals surface area contributed by atoms with Crippen LogP contribution in [-0.4, -0.2) is 45.9 Å². The van der Waals surface area contributed by atoms with Gasteiger partial charge in [0.25, 0.3) is 5.91 Å². The van der Waals surface area contributed by atoms with Crippen LogP contribution in [0.5, 0.6) is 5.75 Å². The van der Waals surface area contributed by atoms with E-state index < -0.39 is 5.91 Å². The molecule has 2 saturated carbocycles. The lowest BCUT2D eigenvalue weighted by atomic mass is 9.73. The van der Waals surface area contributed by atoms with Crippen LogP contribution in [0.2, 0.25) is 0 Å². The number of nitrogens with zero attached hydrogens (tertiary/aromatic N) is 3. The van der Waals surface area contributed by atoms with Gasteiger partial charge in [0, 0.05) is 42.1 Å². The van der Waals surface area contributed by atoms with Crippen molar-refractivity contribution in [2.45, 2.75) is 50.2 Å². The molecule has 0 unspecified atom stereocenters. The number of ether oxygens (including phenoxy) is 2. The predicted octanol–water partition coefficient (Wildman–Crippen LogP) is 4.03. The summed E-state index contributed by atoms with van der Waals surface area (Å²) < 4.78 is 13.9. The molecule has 3 heterocycles. The lowest BCUT2D eigenvalue weighted by Gasteiger charge is -2.45. The van der Waals surface area contributed by atoms with Crippen LogP contribution in [0.15, 0.2) is 42.9 Å². The largest absolute Gasteiger partial charge is 0.494 e. The number of carbonyl (C=O) groups excluding carboxylic acids is 2. The minimum Gasteiger partial charge on any atom is -0.494 e. The van der Waals surface area contributed by atoms with Gasteiger partial charge in [0.05, 0.1) is 41.9 Å². The third-order valence-electron chi connectivity index (χ3n) is 7.67. The summed E-state index contributed by atoms with van der Waals surface area (Å²) in [5, 5.41) is 10.8. The Labute approximate surface area is 214 Å². The van der Waals surface area contributed by atoms with Gasteiger partial charge in [0.1, 0.15) is 11.6 Å². The van der Waals surface area contributed by atoms with Crippen molar-refractivity contribution in [2.24, 2.45) is 11.7 Å². The molecular formula is C27H30N6O4. The maximum atomic E-state index is 12.2. The zero-order chi connectivity index (χ0) is 25.6. The summed E-state index contributed by atoms with van der Waals surface area (Å²) in [5.41, 5.74) is 8.58. The Balaban J connectivity index is 1.29. The number of para-hydroxylation sites is 1. The first-order valence-electron chi connectivity index (χ1n) is 12.7. The number of rotatable bonds is 8. The Kier molecular flexibility index (Phi) is 5.83. The Morgan fingerprint density at radius 2 is 2.05 bits per heavy atom. The summed E-state index contributed by atoms with van der Waals surface area (Å²) in [6.07, 6.45) is 11.3. The number of hydrogen-bond donors (Lipinski definition) is 3. The molecule has 1 saturated heterocycles. The van der Waals surface area contributed by atoms with Crippen molar-refractivity contribution >= 4 is 29.0 Å². The smallest absolute Gasteiger partial charge is 0.252 e. The van der Waals surface area contributed by atoms with Gasteiger partial charge >= 0.3 is 0 Å². The number of methoxy groups -OCH3 is 1. The van der Waals surface area contributed by atoms with E-state index in [2.05, 4.69) is 20.7 Å². The Bertz CT molecular complexity index is 1360.